The Bertz CT molecular complexity index is 3250. The van der Waals surface area contributed by atoms with Crippen LogP contribution in [0.1, 0.15) is 99.4 Å². The summed E-state index contributed by atoms with van der Waals surface area (Å²) in [5, 5.41) is 23.5. The fourth-order valence-electron chi connectivity index (χ4n) is 10.7. The number of aliphatic imine (C=N–C) groups is 1. The second kappa shape index (κ2) is 41.1. The maximum atomic E-state index is 14.3. The van der Waals surface area contributed by atoms with Crippen molar-refractivity contribution in [1.29, 1.82) is 0 Å². The van der Waals surface area contributed by atoms with Crippen molar-refractivity contribution in [3.8, 4) is 23.0 Å². The lowest BCUT2D eigenvalue weighted by atomic mass is 10.0. The molecule has 7 rings (SSSR count). The number of hydrogen-bond acceptors (Lipinski definition) is 22. The van der Waals surface area contributed by atoms with Crippen LogP contribution >= 0.6 is 0 Å². The van der Waals surface area contributed by atoms with Gasteiger partial charge >= 0.3 is 6.09 Å². The van der Waals surface area contributed by atoms with Crippen molar-refractivity contribution in [3.63, 3.8) is 0 Å². The molecule has 536 valence electrons. The molecule has 0 spiro atoms. The van der Waals surface area contributed by atoms with E-state index < -0.39 is 54.1 Å². The summed E-state index contributed by atoms with van der Waals surface area (Å²) in [7, 11) is 2.97. The number of benzene rings is 3. The molecule has 0 fully saturated rings. The van der Waals surface area contributed by atoms with Crippen LogP contribution in [-0.2, 0) is 63.6 Å². The van der Waals surface area contributed by atoms with Gasteiger partial charge in [0.1, 0.15) is 18.7 Å². The zero-order valence-electron chi connectivity index (χ0n) is 57.0. The Morgan fingerprint density at radius 2 is 1.15 bits per heavy atom. The molecule has 6 amide bonds. The fourth-order valence-corrected chi connectivity index (χ4v) is 10.7. The summed E-state index contributed by atoms with van der Waals surface area (Å²) in [5.74, 6) is -1.01. The standard InChI is InChI=1S/C68H94N10O20/c1-45(2)62(74-61(79)15-19-88-21-23-90-25-27-92-29-31-94-33-34-95-32-30-93-28-26-91-24-22-89-20-16-71-75-69)64(81)72-48(5)63(80)73-50-13-11-49(12-14-50)44-98-68(85)78-55-40-60(58(87-7)38-53(55)66(83)77-43-47(4)36-56(77)67(78)84)97-18-10-8-9-17-96-59-39-54-52(37-57(59)86-6)65(82)76-42-46(3)35-51(76)41-70-54/h11-14,37-43,45,48,51,56,62,67,84H,8-10,15-36,44H2,1-7H3,(H,72,81)(H,73,80)(H,74,79)/t48-,51-,56-,62-,67-/m0/s1. The van der Waals surface area contributed by atoms with Gasteiger partial charge in [-0.25, -0.2) is 9.69 Å². The van der Waals surface area contributed by atoms with Crippen molar-refractivity contribution < 1.29 is 95.5 Å². The predicted molar refractivity (Wildman–Crippen MR) is 359 cm³/mol. The van der Waals surface area contributed by atoms with Crippen molar-refractivity contribution in [2.75, 3.05) is 150 Å². The van der Waals surface area contributed by atoms with Gasteiger partial charge in [0.15, 0.2) is 29.2 Å². The molecule has 0 unspecified atom stereocenters. The van der Waals surface area contributed by atoms with Crippen LogP contribution < -0.4 is 39.8 Å². The molecule has 5 atom stereocenters. The monoisotopic (exact) mass is 1370 g/mol. The van der Waals surface area contributed by atoms with E-state index in [4.69, 9.17) is 67.1 Å². The van der Waals surface area contributed by atoms with E-state index in [-0.39, 0.29) is 73.5 Å². The third-order valence-electron chi connectivity index (χ3n) is 15.8. The maximum absolute atomic E-state index is 14.3. The number of anilines is 2. The van der Waals surface area contributed by atoms with Gasteiger partial charge in [-0.3, -0.25) is 29.0 Å². The van der Waals surface area contributed by atoms with Gasteiger partial charge < -0.3 is 92.4 Å². The number of nitrogens with one attached hydrogen (secondary N) is 3. The number of amides is 6. The molecule has 30 heteroatoms. The number of aliphatic hydroxyl groups excluding tert-OH is 1. The third kappa shape index (κ3) is 23.7. The summed E-state index contributed by atoms with van der Waals surface area (Å²) >= 11 is 0. The minimum atomic E-state index is -1.52. The summed E-state index contributed by atoms with van der Waals surface area (Å²) in [5.41, 5.74) is 12.2. The number of ether oxygens (including phenoxy) is 13. The number of azide groups is 1. The topological polar surface area (TPSA) is 350 Å². The van der Waals surface area contributed by atoms with E-state index in [0.29, 0.717) is 165 Å². The van der Waals surface area contributed by atoms with E-state index in [2.05, 4.69) is 31.0 Å². The quantitative estimate of drug-likeness (QED) is 0.0188. The molecule has 0 radical (unpaired) electrons. The number of carbonyl (C=O) groups is 6. The normalized spacial score (nSPS) is 16.7. The highest BCUT2D eigenvalue weighted by atomic mass is 16.6. The molecule has 4 aliphatic rings. The van der Waals surface area contributed by atoms with Gasteiger partial charge in [0.05, 0.1) is 168 Å². The van der Waals surface area contributed by atoms with Gasteiger partial charge in [-0.2, -0.15) is 0 Å². The van der Waals surface area contributed by atoms with Crippen molar-refractivity contribution in [2.45, 2.75) is 110 Å². The zero-order chi connectivity index (χ0) is 70.2. The Labute approximate surface area is 571 Å². The average Bonchev–Trinajstić information content (AvgIpc) is 1.57. The largest absolute Gasteiger partial charge is 0.493 e. The molecule has 98 heavy (non-hydrogen) atoms. The van der Waals surface area contributed by atoms with Crippen LogP contribution in [-0.4, -0.2) is 227 Å². The summed E-state index contributed by atoms with van der Waals surface area (Å²) in [4.78, 5) is 92.9. The van der Waals surface area contributed by atoms with Crippen LogP contribution in [0.15, 0.2) is 82.2 Å². The third-order valence-corrected chi connectivity index (χ3v) is 15.8. The van der Waals surface area contributed by atoms with Crippen LogP contribution in [0.2, 0.25) is 0 Å². The molecule has 4 N–H and O–H groups in total. The second-order valence-electron chi connectivity index (χ2n) is 23.6. The first kappa shape index (κ1) is 76.9. The molecule has 0 aliphatic carbocycles. The number of unbranched alkanes of at least 4 members (excludes halogenated alkanes) is 2. The lowest BCUT2D eigenvalue weighted by Gasteiger charge is -2.31. The van der Waals surface area contributed by atoms with Gasteiger partial charge in [0.2, 0.25) is 17.7 Å². The predicted octanol–water partition coefficient (Wildman–Crippen LogP) is 7.18. The van der Waals surface area contributed by atoms with E-state index in [1.165, 1.54) is 38.2 Å². The number of fused-ring (bicyclic) bond motifs is 4. The number of methoxy groups -OCH3 is 2. The molecule has 30 nitrogen and oxygen atoms in total. The minimum absolute atomic E-state index is 0.00410. The van der Waals surface area contributed by atoms with Crippen LogP contribution in [0.5, 0.6) is 23.0 Å². The Morgan fingerprint density at radius 1 is 0.633 bits per heavy atom. The number of nitrogens with zero attached hydrogens (tertiary/aromatic N) is 7. The van der Waals surface area contributed by atoms with E-state index in [1.807, 2.05) is 20.0 Å². The summed E-state index contributed by atoms with van der Waals surface area (Å²) in [6, 6.07) is 9.98. The Morgan fingerprint density at radius 3 is 1.71 bits per heavy atom. The van der Waals surface area contributed by atoms with Crippen molar-refractivity contribution in [3.05, 3.63) is 99.2 Å². The van der Waals surface area contributed by atoms with E-state index >= 15 is 0 Å². The SMILES string of the molecule is COc1cc2c(cc1OCCCCCOc1cc3c(cc1OC)C(=O)N1C=C(C)C[C@H]1[C@H](O)N3C(=O)OCc1ccc(NC(=O)[C@H](C)NC(=O)[C@@H](NC(=O)CCOCCOCCOCCOCCOCCOCCOCCOCCN=[N+]=[N-])C(C)C)cc1)N=C[C@@H]1CC(C)=CN1C2=O. The maximum Gasteiger partial charge on any atom is 0.416 e. The van der Waals surface area contributed by atoms with Crippen molar-refractivity contribution in [1.82, 2.24) is 20.4 Å². The van der Waals surface area contributed by atoms with Crippen LogP contribution in [0, 0.1) is 5.92 Å². The van der Waals surface area contributed by atoms with Crippen LogP contribution in [0.4, 0.5) is 21.9 Å². The lowest BCUT2D eigenvalue weighted by Crippen LogP contribution is -2.53. The lowest BCUT2D eigenvalue weighted by molar-refractivity contribution is -0.132. The van der Waals surface area contributed by atoms with E-state index in [0.717, 1.165) is 22.5 Å². The van der Waals surface area contributed by atoms with Gasteiger partial charge in [0, 0.05) is 54.3 Å². The molecule has 0 aromatic heterocycles. The first-order valence-electron chi connectivity index (χ1n) is 33.0. The molecule has 3 aromatic rings. The highest BCUT2D eigenvalue weighted by molar-refractivity contribution is 6.07. The van der Waals surface area contributed by atoms with E-state index in [9.17, 15) is 33.9 Å². The molecule has 3 aromatic carbocycles. The number of carbonyl (C=O) groups excluding carboxylic acids is 6. The molecule has 0 saturated heterocycles. The van der Waals surface area contributed by atoms with Crippen molar-refractivity contribution >= 4 is 58.9 Å². The molecule has 4 heterocycles. The molecular weight excluding hydrogens is 1280 g/mol. The fraction of sp³-hybridized carbons (Fsp3) is 0.574. The van der Waals surface area contributed by atoms with Gasteiger partial charge in [0.25, 0.3) is 11.8 Å². The van der Waals surface area contributed by atoms with Gasteiger partial charge in [-0.05, 0) is 94.2 Å². The molecule has 0 saturated carbocycles. The summed E-state index contributed by atoms with van der Waals surface area (Å²) in [6.07, 6.45) is 5.81. The highest BCUT2D eigenvalue weighted by Gasteiger charge is 2.45. The Hall–Kier alpha value is -8.42. The molecule has 4 aliphatic heterocycles. The van der Waals surface area contributed by atoms with Crippen molar-refractivity contribution in [2.24, 2.45) is 16.0 Å². The number of rotatable bonds is 45. The minimum Gasteiger partial charge on any atom is -0.493 e. The highest BCUT2D eigenvalue weighted by Crippen LogP contribution is 2.43. The molecule has 0 bridgehead atoms. The summed E-state index contributed by atoms with van der Waals surface area (Å²) in [6.45, 7) is 15.5. The van der Waals surface area contributed by atoms with Gasteiger partial charge in [-0.15, -0.1) is 0 Å². The smallest absolute Gasteiger partial charge is 0.416 e. The Kier molecular flexibility index (Phi) is 32.3. The molecular formula is C68H94N10O20. The van der Waals surface area contributed by atoms with Crippen LogP contribution in [0.25, 0.3) is 10.4 Å². The second-order valence-corrected chi connectivity index (χ2v) is 23.6. The average molecular weight is 1370 g/mol. The van der Waals surface area contributed by atoms with Gasteiger partial charge in [-0.1, -0.05) is 42.2 Å². The number of aliphatic hydroxyl groups is 1. The first-order valence-corrected chi connectivity index (χ1v) is 33.0. The first-order chi connectivity index (χ1) is 47.5. The summed E-state index contributed by atoms with van der Waals surface area (Å²) < 4.78 is 73.2. The zero-order valence-corrected chi connectivity index (χ0v) is 57.0. The van der Waals surface area contributed by atoms with E-state index in [1.54, 1.807) is 67.6 Å². The number of hydrogen-bond donors (Lipinski definition) is 4. The Balaban J connectivity index is 0.770. The van der Waals surface area contributed by atoms with Crippen LogP contribution in [0.3, 0.4) is 0 Å².